The van der Waals surface area contributed by atoms with Gasteiger partial charge in [0.05, 0.1) is 5.56 Å². The molecule has 0 amide bonds. The van der Waals surface area contributed by atoms with E-state index in [1.165, 1.54) is 0 Å². The number of hydrogen-bond acceptors (Lipinski definition) is 1. The van der Waals surface area contributed by atoms with Gasteiger partial charge in [-0.25, -0.2) is 4.79 Å². The zero-order valence-corrected chi connectivity index (χ0v) is 10.6. The van der Waals surface area contributed by atoms with Gasteiger partial charge in [-0.15, -0.1) is 0 Å². The van der Waals surface area contributed by atoms with Crippen LogP contribution in [-0.4, -0.2) is 11.1 Å². The fourth-order valence-electron chi connectivity index (χ4n) is 1.70. The van der Waals surface area contributed by atoms with Crippen molar-refractivity contribution >= 4 is 21.9 Å². The Morgan fingerprint density at radius 1 is 1.06 bits per heavy atom. The molecule has 0 aromatic heterocycles. The van der Waals surface area contributed by atoms with E-state index in [9.17, 15) is 4.79 Å². The summed E-state index contributed by atoms with van der Waals surface area (Å²) in [5.74, 6) is -0.910. The Morgan fingerprint density at radius 2 is 1.76 bits per heavy atom. The summed E-state index contributed by atoms with van der Waals surface area (Å²) in [6.07, 6.45) is 0.725. The molecule has 17 heavy (non-hydrogen) atoms. The zero-order valence-electron chi connectivity index (χ0n) is 9.06. The molecule has 2 nitrogen and oxygen atoms in total. The molecule has 0 radical (unpaired) electrons. The van der Waals surface area contributed by atoms with E-state index in [2.05, 4.69) is 15.9 Å². The van der Waals surface area contributed by atoms with Gasteiger partial charge in [0.1, 0.15) is 0 Å². The molecule has 0 saturated carbocycles. The maximum Gasteiger partial charge on any atom is 0.336 e. The van der Waals surface area contributed by atoms with Gasteiger partial charge in [-0.05, 0) is 39.5 Å². The molecule has 0 fully saturated rings. The highest BCUT2D eigenvalue weighted by molar-refractivity contribution is 9.10. The molecule has 0 unspecified atom stereocenters. The minimum atomic E-state index is -0.910. The van der Waals surface area contributed by atoms with Gasteiger partial charge in [0.15, 0.2) is 0 Å². The lowest BCUT2D eigenvalue weighted by Gasteiger charge is -2.07. The second kappa shape index (κ2) is 5.15. The predicted molar refractivity (Wildman–Crippen MR) is 70.3 cm³/mol. The van der Waals surface area contributed by atoms with Gasteiger partial charge >= 0.3 is 5.97 Å². The third-order valence-electron chi connectivity index (χ3n) is 2.55. The van der Waals surface area contributed by atoms with Crippen LogP contribution in [-0.2, 0) is 6.42 Å². The van der Waals surface area contributed by atoms with Crippen LogP contribution in [0, 0.1) is 0 Å². The summed E-state index contributed by atoms with van der Waals surface area (Å²) in [7, 11) is 0. The van der Waals surface area contributed by atoms with E-state index in [1.54, 1.807) is 12.1 Å². The minimum absolute atomic E-state index is 0.304. The summed E-state index contributed by atoms with van der Waals surface area (Å²) in [5, 5.41) is 9.03. The number of rotatable bonds is 3. The van der Waals surface area contributed by atoms with Gasteiger partial charge in [0.2, 0.25) is 0 Å². The molecule has 2 aromatic rings. The Hall–Kier alpha value is -1.61. The van der Waals surface area contributed by atoms with E-state index in [0.717, 1.165) is 17.5 Å². The molecule has 0 aliphatic carbocycles. The number of aromatic carboxylic acids is 1. The van der Waals surface area contributed by atoms with Crippen LogP contribution in [0.3, 0.4) is 0 Å². The molecule has 0 saturated heterocycles. The first-order chi connectivity index (χ1) is 8.18. The molecule has 0 atom stereocenters. The number of carbonyl (C=O) groups is 1. The average molecular weight is 291 g/mol. The first kappa shape index (κ1) is 11.9. The Kier molecular flexibility index (Phi) is 3.59. The van der Waals surface area contributed by atoms with Crippen molar-refractivity contribution in [2.45, 2.75) is 6.42 Å². The average Bonchev–Trinajstić information content (AvgIpc) is 2.33. The maximum atomic E-state index is 11.0. The van der Waals surface area contributed by atoms with E-state index < -0.39 is 5.97 Å². The molecule has 1 N–H and O–H groups in total. The largest absolute Gasteiger partial charge is 0.478 e. The third-order valence-corrected chi connectivity index (χ3v) is 3.48. The summed E-state index contributed by atoms with van der Waals surface area (Å²) in [5.41, 5.74) is 2.45. The first-order valence-corrected chi connectivity index (χ1v) is 6.02. The van der Waals surface area contributed by atoms with Crippen LogP contribution in [0.25, 0.3) is 0 Å². The van der Waals surface area contributed by atoms with Gasteiger partial charge in [0.25, 0.3) is 0 Å². The van der Waals surface area contributed by atoms with Crippen LogP contribution in [0.5, 0.6) is 0 Å². The highest BCUT2D eigenvalue weighted by atomic mass is 79.9. The molecule has 2 aromatic carbocycles. The van der Waals surface area contributed by atoms with Crippen molar-refractivity contribution in [2.75, 3.05) is 0 Å². The number of carboxylic acids is 1. The summed E-state index contributed by atoms with van der Waals surface area (Å²) in [6.45, 7) is 0. The Morgan fingerprint density at radius 3 is 2.41 bits per heavy atom. The standard InChI is InChI=1S/C14H11BrO2/c15-13-11(7-4-8-12(13)14(16)17)9-10-5-2-1-3-6-10/h1-8H,9H2,(H,16,17). The Labute approximate surface area is 108 Å². The van der Waals surface area contributed by atoms with E-state index >= 15 is 0 Å². The molecular weight excluding hydrogens is 280 g/mol. The molecule has 2 rings (SSSR count). The van der Waals surface area contributed by atoms with Crippen LogP contribution >= 0.6 is 15.9 Å². The fourth-order valence-corrected chi connectivity index (χ4v) is 2.27. The van der Waals surface area contributed by atoms with Crippen molar-refractivity contribution in [3.05, 3.63) is 69.7 Å². The number of benzene rings is 2. The molecule has 0 bridgehead atoms. The number of hydrogen-bond donors (Lipinski definition) is 1. The predicted octanol–water partition coefficient (Wildman–Crippen LogP) is 3.74. The molecular formula is C14H11BrO2. The van der Waals surface area contributed by atoms with Gasteiger partial charge < -0.3 is 5.11 Å². The second-order valence-electron chi connectivity index (χ2n) is 3.75. The second-order valence-corrected chi connectivity index (χ2v) is 4.54. The van der Waals surface area contributed by atoms with Gasteiger partial charge in [0, 0.05) is 4.47 Å². The molecule has 0 heterocycles. The monoisotopic (exact) mass is 290 g/mol. The van der Waals surface area contributed by atoms with E-state index in [0.29, 0.717) is 10.0 Å². The van der Waals surface area contributed by atoms with E-state index in [4.69, 9.17) is 5.11 Å². The smallest absolute Gasteiger partial charge is 0.336 e. The fraction of sp³-hybridized carbons (Fsp3) is 0.0714. The summed E-state index contributed by atoms with van der Waals surface area (Å²) >= 11 is 3.36. The van der Waals surface area contributed by atoms with Crippen LogP contribution in [0.2, 0.25) is 0 Å². The summed E-state index contributed by atoms with van der Waals surface area (Å²) in [4.78, 5) is 11.0. The molecule has 86 valence electrons. The molecule has 3 heteroatoms. The third kappa shape index (κ3) is 2.74. The lowest BCUT2D eigenvalue weighted by Crippen LogP contribution is -2.00. The highest BCUT2D eigenvalue weighted by Crippen LogP contribution is 2.24. The highest BCUT2D eigenvalue weighted by Gasteiger charge is 2.11. The quantitative estimate of drug-likeness (QED) is 0.935. The lowest BCUT2D eigenvalue weighted by molar-refractivity contribution is 0.0695. The van der Waals surface area contributed by atoms with Gasteiger partial charge in [-0.3, -0.25) is 0 Å². The maximum absolute atomic E-state index is 11.0. The van der Waals surface area contributed by atoms with Crippen LogP contribution in [0.1, 0.15) is 21.5 Å². The van der Waals surface area contributed by atoms with Crippen molar-refractivity contribution < 1.29 is 9.90 Å². The number of carboxylic acid groups (broad SMARTS) is 1. The van der Waals surface area contributed by atoms with Gasteiger partial charge in [-0.2, -0.15) is 0 Å². The van der Waals surface area contributed by atoms with Gasteiger partial charge in [-0.1, -0.05) is 42.5 Å². The van der Waals surface area contributed by atoms with E-state index in [-0.39, 0.29) is 0 Å². The summed E-state index contributed by atoms with van der Waals surface area (Å²) < 4.78 is 0.663. The van der Waals surface area contributed by atoms with Crippen molar-refractivity contribution in [3.8, 4) is 0 Å². The molecule has 0 aliphatic rings. The van der Waals surface area contributed by atoms with Crippen LogP contribution < -0.4 is 0 Å². The normalized spacial score (nSPS) is 10.2. The lowest BCUT2D eigenvalue weighted by atomic mass is 10.0. The van der Waals surface area contributed by atoms with Crippen molar-refractivity contribution in [2.24, 2.45) is 0 Å². The molecule has 0 aliphatic heterocycles. The van der Waals surface area contributed by atoms with Crippen molar-refractivity contribution in [3.63, 3.8) is 0 Å². The van der Waals surface area contributed by atoms with Crippen molar-refractivity contribution in [1.82, 2.24) is 0 Å². The minimum Gasteiger partial charge on any atom is -0.478 e. The van der Waals surface area contributed by atoms with Crippen molar-refractivity contribution in [1.29, 1.82) is 0 Å². The zero-order chi connectivity index (χ0) is 12.3. The van der Waals surface area contributed by atoms with Crippen LogP contribution in [0.15, 0.2) is 53.0 Å². The topological polar surface area (TPSA) is 37.3 Å². The SMILES string of the molecule is O=C(O)c1cccc(Cc2ccccc2)c1Br. The first-order valence-electron chi connectivity index (χ1n) is 5.23. The van der Waals surface area contributed by atoms with E-state index in [1.807, 2.05) is 36.4 Å². The van der Waals surface area contributed by atoms with Crippen LogP contribution in [0.4, 0.5) is 0 Å². The summed E-state index contributed by atoms with van der Waals surface area (Å²) in [6, 6.07) is 15.3. The Balaban J connectivity index is 2.34. The number of halogens is 1. The Bertz CT molecular complexity index is 535. The molecule has 0 spiro atoms.